The first-order valence-electron chi connectivity index (χ1n) is 10.3. The molecule has 0 saturated carbocycles. The fourth-order valence-corrected chi connectivity index (χ4v) is 3.01. The Morgan fingerprint density at radius 2 is 1.91 bits per heavy atom. The predicted octanol–water partition coefficient (Wildman–Crippen LogP) is 4.09. The second-order valence-corrected chi connectivity index (χ2v) is 7.03. The molecule has 0 aliphatic carbocycles. The number of aromatic nitrogens is 2. The molecular weight excluding hydrogens is 418 g/mol. The van der Waals surface area contributed by atoms with Gasteiger partial charge in [0, 0.05) is 55.6 Å². The summed E-state index contributed by atoms with van der Waals surface area (Å²) in [5, 5.41) is 5.63. The number of aliphatic imine (C=N–C) groups is 1. The Morgan fingerprint density at radius 3 is 2.64 bits per heavy atom. The highest BCUT2D eigenvalue weighted by atomic mass is 16.5. The predicted molar refractivity (Wildman–Crippen MR) is 128 cm³/mol. The Kier molecular flexibility index (Phi) is 8.02. The third-order valence-electron chi connectivity index (χ3n) is 4.77. The van der Waals surface area contributed by atoms with E-state index < -0.39 is 0 Å². The highest BCUT2D eigenvalue weighted by Crippen LogP contribution is 2.28. The molecule has 168 valence electrons. The average molecular weight is 444 g/mol. The third-order valence-corrected chi connectivity index (χ3v) is 4.77. The highest BCUT2D eigenvalue weighted by Gasteiger charge is 2.14. The average Bonchev–Trinajstić information content (AvgIpc) is 2.83. The molecule has 0 radical (unpaired) electrons. The minimum absolute atomic E-state index is 0.200. The van der Waals surface area contributed by atoms with Crippen LogP contribution in [0.1, 0.15) is 28.4 Å². The van der Waals surface area contributed by atoms with E-state index in [2.05, 4.69) is 25.6 Å². The molecule has 3 rings (SSSR count). The first kappa shape index (κ1) is 23.3. The van der Waals surface area contributed by atoms with E-state index >= 15 is 0 Å². The first-order valence-corrected chi connectivity index (χ1v) is 10.3. The number of carbonyl (C=O) groups is 2. The summed E-state index contributed by atoms with van der Waals surface area (Å²) in [7, 11) is 1.60. The molecule has 0 saturated heterocycles. The van der Waals surface area contributed by atoms with Gasteiger partial charge in [-0.25, -0.2) is 4.98 Å². The molecule has 0 fully saturated rings. The van der Waals surface area contributed by atoms with Crippen molar-refractivity contribution in [3.8, 4) is 11.5 Å². The minimum atomic E-state index is -0.322. The smallest absolute Gasteiger partial charge is 0.258 e. The molecule has 8 nitrogen and oxygen atoms in total. The number of pyridine rings is 2. The summed E-state index contributed by atoms with van der Waals surface area (Å²) in [6.45, 7) is 3.98. The fraction of sp³-hybridized carbons (Fsp3) is 0.160. The van der Waals surface area contributed by atoms with Gasteiger partial charge >= 0.3 is 0 Å². The lowest BCUT2D eigenvalue weighted by molar-refractivity contribution is -0.112. The number of hydrogen-bond acceptors (Lipinski definition) is 6. The summed E-state index contributed by atoms with van der Waals surface area (Å²) in [6.07, 6.45) is 8.04. The van der Waals surface area contributed by atoms with Crippen molar-refractivity contribution < 1.29 is 14.3 Å². The molecule has 0 spiro atoms. The van der Waals surface area contributed by atoms with Gasteiger partial charge in [-0.05, 0) is 49.7 Å². The lowest BCUT2D eigenvalue weighted by Crippen LogP contribution is -2.23. The molecule has 2 heterocycles. The van der Waals surface area contributed by atoms with Crippen LogP contribution < -0.4 is 15.4 Å². The monoisotopic (exact) mass is 443 g/mol. The number of nitrogens with zero attached hydrogens (tertiary/aromatic N) is 3. The number of benzene rings is 1. The molecule has 8 heteroatoms. The maximum Gasteiger partial charge on any atom is 0.258 e. The minimum Gasteiger partial charge on any atom is -0.457 e. The van der Waals surface area contributed by atoms with E-state index in [4.69, 9.17) is 4.74 Å². The van der Waals surface area contributed by atoms with Gasteiger partial charge in [0.15, 0.2) is 0 Å². The number of hydrogen-bond donors (Lipinski definition) is 2. The van der Waals surface area contributed by atoms with Gasteiger partial charge < -0.3 is 15.4 Å². The molecule has 3 aromatic rings. The fourth-order valence-electron chi connectivity index (χ4n) is 3.01. The van der Waals surface area contributed by atoms with Crippen molar-refractivity contribution in [1.82, 2.24) is 15.3 Å². The van der Waals surface area contributed by atoms with E-state index in [1.807, 2.05) is 19.1 Å². The number of amides is 2. The third kappa shape index (κ3) is 6.33. The zero-order chi connectivity index (χ0) is 23.6. The lowest BCUT2D eigenvalue weighted by atomic mass is 10.1. The quantitative estimate of drug-likeness (QED) is 0.403. The van der Waals surface area contributed by atoms with Crippen LogP contribution in [0.15, 0.2) is 77.7 Å². The molecule has 0 unspecified atom stereocenters. The Balaban J connectivity index is 1.72. The van der Waals surface area contributed by atoms with E-state index in [9.17, 15) is 9.59 Å². The van der Waals surface area contributed by atoms with E-state index in [1.54, 1.807) is 62.8 Å². The number of nitrogens with one attached hydrogen (secondary N) is 2. The normalized spacial score (nSPS) is 11.3. The maximum absolute atomic E-state index is 12.7. The number of rotatable bonds is 8. The van der Waals surface area contributed by atoms with Crippen LogP contribution in [0.25, 0.3) is 0 Å². The summed E-state index contributed by atoms with van der Waals surface area (Å²) >= 11 is 0. The van der Waals surface area contributed by atoms with Gasteiger partial charge in [-0.2, -0.15) is 0 Å². The van der Waals surface area contributed by atoms with Gasteiger partial charge in [0.05, 0.1) is 5.57 Å². The summed E-state index contributed by atoms with van der Waals surface area (Å²) in [5.74, 6) is 0.821. The molecule has 1 aromatic carbocycles. The number of allylic oxidation sites excluding steroid dienone is 1. The molecule has 0 atom stereocenters. The van der Waals surface area contributed by atoms with E-state index in [1.165, 1.54) is 12.4 Å². The van der Waals surface area contributed by atoms with Crippen molar-refractivity contribution in [1.29, 1.82) is 0 Å². The summed E-state index contributed by atoms with van der Waals surface area (Å²) < 4.78 is 6.00. The maximum atomic E-state index is 12.7. The zero-order valence-corrected chi connectivity index (χ0v) is 18.7. The molecule has 2 amide bonds. The van der Waals surface area contributed by atoms with Gasteiger partial charge in [0.1, 0.15) is 17.3 Å². The van der Waals surface area contributed by atoms with E-state index in [-0.39, 0.29) is 11.8 Å². The van der Waals surface area contributed by atoms with Gasteiger partial charge in [-0.15, -0.1) is 0 Å². The molecule has 33 heavy (non-hydrogen) atoms. The first-order chi connectivity index (χ1) is 16.0. The van der Waals surface area contributed by atoms with E-state index in [0.717, 1.165) is 5.56 Å². The number of ether oxygens (including phenoxy) is 1. The Morgan fingerprint density at radius 1 is 1.12 bits per heavy atom. The molecule has 0 aliphatic heterocycles. The van der Waals surface area contributed by atoms with Crippen molar-refractivity contribution >= 4 is 23.8 Å². The molecule has 0 bridgehead atoms. The van der Waals surface area contributed by atoms with E-state index in [0.29, 0.717) is 40.6 Å². The van der Waals surface area contributed by atoms with Crippen LogP contribution >= 0.6 is 0 Å². The van der Waals surface area contributed by atoms with Crippen LogP contribution in [0.5, 0.6) is 11.5 Å². The van der Waals surface area contributed by atoms with Crippen LogP contribution in [0.4, 0.5) is 5.82 Å². The van der Waals surface area contributed by atoms with Crippen LogP contribution in [-0.2, 0) is 11.3 Å². The van der Waals surface area contributed by atoms with Crippen molar-refractivity contribution in [3.63, 3.8) is 0 Å². The second-order valence-electron chi connectivity index (χ2n) is 7.03. The zero-order valence-electron chi connectivity index (χ0n) is 18.7. The van der Waals surface area contributed by atoms with Gasteiger partial charge in [0.25, 0.3) is 11.8 Å². The van der Waals surface area contributed by atoms with Gasteiger partial charge in [-0.3, -0.25) is 19.6 Å². The van der Waals surface area contributed by atoms with Crippen molar-refractivity contribution in [3.05, 3.63) is 89.4 Å². The van der Waals surface area contributed by atoms with Gasteiger partial charge in [0.2, 0.25) is 0 Å². The van der Waals surface area contributed by atoms with Crippen molar-refractivity contribution in [2.24, 2.45) is 4.99 Å². The summed E-state index contributed by atoms with van der Waals surface area (Å²) in [4.78, 5) is 37.1. The Labute approximate surface area is 192 Å². The van der Waals surface area contributed by atoms with Gasteiger partial charge in [-0.1, -0.05) is 12.1 Å². The Hall–Kier alpha value is -4.33. The Bertz CT molecular complexity index is 1190. The van der Waals surface area contributed by atoms with Crippen LogP contribution in [0, 0.1) is 6.92 Å². The van der Waals surface area contributed by atoms with Crippen LogP contribution in [-0.4, -0.2) is 35.0 Å². The van der Waals surface area contributed by atoms with Crippen LogP contribution in [0.3, 0.4) is 0 Å². The highest BCUT2D eigenvalue weighted by molar-refractivity contribution is 6.17. The largest absolute Gasteiger partial charge is 0.457 e. The number of carbonyl (C=O) groups excluding carboxylic acids is 2. The molecule has 2 aromatic heterocycles. The summed E-state index contributed by atoms with van der Waals surface area (Å²) in [5.41, 5.74) is 2.59. The molecule has 0 aliphatic rings. The summed E-state index contributed by atoms with van der Waals surface area (Å²) in [6, 6.07) is 12.3. The number of anilines is 1. The van der Waals surface area contributed by atoms with Crippen molar-refractivity contribution in [2.45, 2.75) is 20.4 Å². The lowest BCUT2D eigenvalue weighted by Gasteiger charge is -2.13. The molecular formula is C25H25N5O3. The standard InChI is InChI=1S/C25H25N5O3/c1-4-19(16-26-3)24(31)30-23-14-20(10-13-28-23)33-22-7-5-6-21(17(22)2)25(32)29-15-18-8-11-27-12-9-18/h4-14,16H,15H2,1-3H3,(H,29,32)(H,28,30,31)/b19-4+,26-16?. The second kappa shape index (κ2) is 11.3. The topological polar surface area (TPSA) is 106 Å². The van der Waals surface area contributed by atoms with Crippen molar-refractivity contribution in [2.75, 3.05) is 12.4 Å². The van der Waals surface area contributed by atoms with Crippen LogP contribution in [0.2, 0.25) is 0 Å². The molecule has 2 N–H and O–H groups in total. The SMILES string of the molecule is C/C=C(\C=NC)C(=O)Nc1cc(Oc2cccc(C(=O)NCc3ccncc3)c2C)ccn1.